The zero-order chi connectivity index (χ0) is 6.15. The SMILES string of the molecule is NC1CCC(=O)C1=O. The third-order valence-electron chi connectivity index (χ3n) is 1.29. The average molecular weight is 113 g/mol. The van der Waals surface area contributed by atoms with E-state index in [1.807, 2.05) is 0 Å². The molecule has 0 aromatic rings. The van der Waals surface area contributed by atoms with E-state index in [1.54, 1.807) is 0 Å². The number of ketones is 2. The summed E-state index contributed by atoms with van der Waals surface area (Å²) in [6.45, 7) is 0. The fourth-order valence-electron chi connectivity index (χ4n) is 0.748. The van der Waals surface area contributed by atoms with Gasteiger partial charge in [0.1, 0.15) is 0 Å². The van der Waals surface area contributed by atoms with E-state index in [2.05, 4.69) is 0 Å². The van der Waals surface area contributed by atoms with E-state index in [9.17, 15) is 9.59 Å². The Hall–Kier alpha value is -0.700. The van der Waals surface area contributed by atoms with Crippen LogP contribution in [0.5, 0.6) is 0 Å². The molecule has 0 aliphatic heterocycles. The summed E-state index contributed by atoms with van der Waals surface area (Å²) in [6, 6.07) is -0.498. The van der Waals surface area contributed by atoms with Crippen molar-refractivity contribution < 1.29 is 9.59 Å². The van der Waals surface area contributed by atoms with E-state index in [0.29, 0.717) is 12.8 Å². The standard InChI is InChI=1S/C5H7NO2/c6-3-1-2-4(7)5(3)8/h3H,1-2,6H2. The van der Waals surface area contributed by atoms with Gasteiger partial charge in [-0.2, -0.15) is 0 Å². The predicted molar refractivity (Wildman–Crippen MR) is 27.2 cm³/mol. The highest BCUT2D eigenvalue weighted by Crippen LogP contribution is 2.07. The van der Waals surface area contributed by atoms with Crippen molar-refractivity contribution in [1.82, 2.24) is 0 Å². The molecule has 1 rings (SSSR count). The lowest BCUT2D eigenvalue weighted by Gasteiger charge is -1.90. The van der Waals surface area contributed by atoms with Gasteiger partial charge in [0, 0.05) is 6.42 Å². The minimum absolute atomic E-state index is 0.308. The summed E-state index contributed by atoms with van der Waals surface area (Å²) in [5.74, 6) is -0.706. The summed E-state index contributed by atoms with van der Waals surface area (Å²) >= 11 is 0. The van der Waals surface area contributed by atoms with Crippen molar-refractivity contribution in [2.45, 2.75) is 18.9 Å². The van der Waals surface area contributed by atoms with Gasteiger partial charge in [0.15, 0.2) is 5.78 Å². The molecule has 0 heterocycles. The van der Waals surface area contributed by atoms with Gasteiger partial charge in [-0.3, -0.25) is 9.59 Å². The number of carbonyl (C=O) groups is 2. The van der Waals surface area contributed by atoms with Gasteiger partial charge in [-0.1, -0.05) is 0 Å². The number of hydrogen-bond acceptors (Lipinski definition) is 3. The molecule has 0 bridgehead atoms. The second kappa shape index (κ2) is 1.67. The Morgan fingerprint density at radius 2 is 2.12 bits per heavy atom. The molecule has 1 atom stereocenters. The van der Waals surface area contributed by atoms with Crippen molar-refractivity contribution in [3.63, 3.8) is 0 Å². The topological polar surface area (TPSA) is 60.2 Å². The molecule has 1 aliphatic rings. The van der Waals surface area contributed by atoms with E-state index in [-0.39, 0.29) is 5.78 Å². The van der Waals surface area contributed by atoms with Crippen LogP contribution in [0.25, 0.3) is 0 Å². The van der Waals surface area contributed by atoms with Gasteiger partial charge >= 0.3 is 0 Å². The van der Waals surface area contributed by atoms with Crippen molar-refractivity contribution in [2.24, 2.45) is 5.73 Å². The number of rotatable bonds is 0. The second-order valence-electron chi connectivity index (χ2n) is 1.93. The quantitative estimate of drug-likeness (QED) is 0.420. The molecule has 3 heteroatoms. The van der Waals surface area contributed by atoms with Crippen LogP contribution in [-0.4, -0.2) is 17.6 Å². The minimum Gasteiger partial charge on any atom is -0.321 e. The maximum absolute atomic E-state index is 10.4. The monoisotopic (exact) mass is 113 g/mol. The number of carbonyl (C=O) groups excluding carboxylic acids is 2. The molecule has 3 nitrogen and oxygen atoms in total. The Labute approximate surface area is 46.9 Å². The van der Waals surface area contributed by atoms with Gasteiger partial charge < -0.3 is 5.73 Å². The zero-order valence-electron chi connectivity index (χ0n) is 4.39. The van der Waals surface area contributed by atoms with Crippen molar-refractivity contribution >= 4 is 11.6 Å². The van der Waals surface area contributed by atoms with Crippen molar-refractivity contribution in [2.75, 3.05) is 0 Å². The maximum atomic E-state index is 10.4. The molecule has 0 aromatic carbocycles. The normalized spacial score (nSPS) is 29.4. The van der Waals surface area contributed by atoms with Crippen molar-refractivity contribution in [3.05, 3.63) is 0 Å². The molecule has 2 N–H and O–H groups in total. The Bertz CT molecular complexity index is 141. The van der Waals surface area contributed by atoms with Gasteiger partial charge in [0.2, 0.25) is 5.78 Å². The lowest BCUT2D eigenvalue weighted by atomic mass is 10.2. The Kier molecular flexibility index (Phi) is 1.13. The summed E-state index contributed by atoms with van der Waals surface area (Å²) in [5, 5.41) is 0. The highest BCUT2D eigenvalue weighted by Gasteiger charge is 2.28. The van der Waals surface area contributed by atoms with Gasteiger partial charge in [0.25, 0.3) is 0 Å². The first-order valence-corrected chi connectivity index (χ1v) is 2.54. The molecule has 0 aromatic heterocycles. The molecule has 1 aliphatic carbocycles. The first-order chi connectivity index (χ1) is 3.72. The Morgan fingerprint density at radius 1 is 1.50 bits per heavy atom. The number of hydrogen-bond donors (Lipinski definition) is 1. The molecular weight excluding hydrogens is 106 g/mol. The van der Waals surface area contributed by atoms with Crippen LogP contribution in [-0.2, 0) is 9.59 Å². The molecule has 0 saturated heterocycles. The third kappa shape index (κ3) is 0.648. The fourth-order valence-corrected chi connectivity index (χ4v) is 0.748. The zero-order valence-corrected chi connectivity index (χ0v) is 4.39. The van der Waals surface area contributed by atoms with Crippen molar-refractivity contribution in [3.8, 4) is 0 Å². The van der Waals surface area contributed by atoms with Crippen LogP contribution in [0.4, 0.5) is 0 Å². The van der Waals surface area contributed by atoms with Crippen LogP contribution in [0.2, 0.25) is 0 Å². The van der Waals surface area contributed by atoms with Crippen LogP contribution in [0.15, 0.2) is 0 Å². The molecule has 0 radical (unpaired) electrons. The number of nitrogens with two attached hydrogens (primary N) is 1. The van der Waals surface area contributed by atoms with Gasteiger partial charge in [0.05, 0.1) is 6.04 Å². The maximum Gasteiger partial charge on any atom is 0.214 e. The Morgan fingerprint density at radius 3 is 2.25 bits per heavy atom. The molecule has 1 fully saturated rings. The largest absolute Gasteiger partial charge is 0.321 e. The van der Waals surface area contributed by atoms with Crippen LogP contribution in [0.3, 0.4) is 0 Å². The number of Topliss-reactive ketones (excluding diaryl/α,β-unsaturated/α-hetero) is 2. The summed E-state index contributed by atoms with van der Waals surface area (Å²) in [4.78, 5) is 20.8. The smallest absolute Gasteiger partial charge is 0.214 e. The summed E-state index contributed by atoms with van der Waals surface area (Å²) in [6.07, 6.45) is 0.887. The van der Waals surface area contributed by atoms with E-state index in [0.717, 1.165) is 0 Å². The van der Waals surface area contributed by atoms with Gasteiger partial charge in [-0.15, -0.1) is 0 Å². The molecule has 1 unspecified atom stereocenters. The van der Waals surface area contributed by atoms with Gasteiger partial charge in [-0.05, 0) is 6.42 Å². The first-order valence-electron chi connectivity index (χ1n) is 2.54. The second-order valence-corrected chi connectivity index (χ2v) is 1.93. The lowest BCUT2D eigenvalue weighted by molar-refractivity contribution is -0.134. The van der Waals surface area contributed by atoms with E-state index in [4.69, 9.17) is 5.73 Å². The third-order valence-corrected chi connectivity index (χ3v) is 1.29. The lowest BCUT2D eigenvalue weighted by Crippen LogP contribution is -2.27. The molecule has 44 valence electrons. The van der Waals surface area contributed by atoms with Crippen LogP contribution >= 0.6 is 0 Å². The molecule has 8 heavy (non-hydrogen) atoms. The summed E-state index contributed by atoms with van der Waals surface area (Å²) in [7, 11) is 0. The van der Waals surface area contributed by atoms with Crippen molar-refractivity contribution in [1.29, 1.82) is 0 Å². The van der Waals surface area contributed by atoms with E-state index < -0.39 is 11.8 Å². The average Bonchev–Trinajstić information content (AvgIpc) is 1.98. The van der Waals surface area contributed by atoms with Crippen LogP contribution in [0.1, 0.15) is 12.8 Å². The summed E-state index contributed by atoms with van der Waals surface area (Å²) in [5.41, 5.74) is 5.20. The highest BCUT2D eigenvalue weighted by molar-refractivity contribution is 6.41. The van der Waals surface area contributed by atoms with E-state index >= 15 is 0 Å². The van der Waals surface area contributed by atoms with Crippen LogP contribution < -0.4 is 5.73 Å². The predicted octanol–water partition coefficient (Wildman–Crippen LogP) is -0.754. The molecule has 0 spiro atoms. The summed E-state index contributed by atoms with van der Waals surface area (Å²) < 4.78 is 0. The molecular formula is C5H7NO2. The van der Waals surface area contributed by atoms with Gasteiger partial charge in [-0.25, -0.2) is 0 Å². The molecule has 1 saturated carbocycles. The Balaban J connectivity index is 2.71. The minimum atomic E-state index is -0.498. The highest BCUT2D eigenvalue weighted by atomic mass is 16.2. The fraction of sp³-hybridized carbons (Fsp3) is 0.600. The van der Waals surface area contributed by atoms with E-state index in [1.165, 1.54) is 0 Å². The first kappa shape index (κ1) is 5.44. The molecule has 0 amide bonds. The van der Waals surface area contributed by atoms with Crippen LogP contribution in [0, 0.1) is 0 Å².